The maximum atomic E-state index is 6.31. The molecular weight excluding hydrogens is 378 g/mol. The molecule has 2 aliphatic heterocycles. The lowest BCUT2D eigenvalue weighted by molar-refractivity contribution is 0.162. The number of nitrogens with zero attached hydrogens (tertiary/aromatic N) is 2. The van der Waals surface area contributed by atoms with Crippen molar-refractivity contribution in [3.05, 3.63) is 65.9 Å². The number of pyridine rings is 1. The Morgan fingerprint density at radius 1 is 1.13 bits per heavy atom. The monoisotopic (exact) mass is 401 g/mol. The van der Waals surface area contributed by atoms with Crippen molar-refractivity contribution in [3.63, 3.8) is 0 Å². The van der Waals surface area contributed by atoms with Gasteiger partial charge in [-0.25, -0.2) is 4.98 Å². The molecule has 2 aromatic carbocycles. The maximum Gasteiger partial charge on any atom is 0.222 e. The Kier molecular flexibility index (Phi) is 3.89. The van der Waals surface area contributed by atoms with E-state index in [9.17, 15) is 0 Å². The molecule has 3 aliphatic rings. The molecule has 3 heterocycles. The standard InChI is InChI=1S/C24H23N3O3/c1-16-11-17(27-15-28-14-26-18-5-2-3-6-19(18)27)12-25-23(16)30-21-8-4-7-20-22(21)24(9-10-24)13-29-20/h2-8,11-12,26H,9-10,13-15H2,1H3. The van der Waals surface area contributed by atoms with Crippen LogP contribution < -0.4 is 19.7 Å². The zero-order valence-electron chi connectivity index (χ0n) is 16.9. The number of aryl methyl sites for hydroxylation is 1. The second kappa shape index (κ2) is 6.64. The molecule has 0 atom stereocenters. The van der Waals surface area contributed by atoms with Gasteiger partial charge >= 0.3 is 0 Å². The molecule has 1 spiro atoms. The highest BCUT2D eigenvalue weighted by Crippen LogP contribution is 2.58. The van der Waals surface area contributed by atoms with Crippen molar-refractivity contribution in [1.29, 1.82) is 0 Å². The molecule has 1 aliphatic carbocycles. The number of benzene rings is 2. The molecule has 1 aromatic heterocycles. The van der Waals surface area contributed by atoms with Crippen LogP contribution in [0.5, 0.6) is 17.4 Å². The Morgan fingerprint density at radius 2 is 2.03 bits per heavy atom. The minimum atomic E-state index is 0.153. The fourth-order valence-corrected chi connectivity index (χ4v) is 4.39. The van der Waals surface area contributed by atoms with Gasteiger partial charge in [0, 0.05) is 16.5 Å². The summed E-state index contributed by atoms with van der Waals surface area (Å²) in [7, 11) is 0. The quantitative estimate of drug-likeness (QED) is 0.659. The fraction of sp³-hybridized carbons (Fsp3) is 0.292. The number of nitrogens with one attached hydrogen (secondary N) is 1. The SMILES string of the molecule is Cc1cc(N2COCNc3ccccc32)cnc1Oc1cccc2c1C1(CC1)CO2. The second-order valence-corrected chi connectivity index (χ2v) is 8.22. The van der Waals surface area contributed by atoms with Crippen molar-refractivity contribution < 1.29 is 14.2 Å². The van der Waals surface area contributed by atoms with Crippen molar-refractivity contribution in [2.24, 2.45) is 0 Å². The van der Waals surface area contributed by atoms with E-state index >= 15 is 0 Å². The summed E-state index contributed by atoms with van der Waals surface area (Å²) in [6.45, 7) is 3.72. The number of para-hydroxylation sites is 2. The van der Waals surface area contributed by atoms with Gasteiger partial charge in [0.2, 0.25) is 5.88 Å². The van der Waals surface area contributed by atoms with Crippen molar-refractivity contribution in [1.82, 2.24) is 4.98 Å². The molecule has 0 bridgehead atoms. The van der Waals surface area contributed by atoms with Crippen molar-refractivity contribution in [3.8, 4) is 17.4 Å². The average Bonchev–Trinajstić information content (AvgIpc) is 3.49. The molecule has 6 heteroatoms. The van der Waals surface area contributed by atoms with E-state index in [-0.39, 0.29) is 5.41 Å². The van der Waals surface area contributed by atoms with Gasteiger partial charge in [0.15, 0.2) is 0 Å². The number of hydrogen-bond acceptors (Lipinski definition) is 6. The lowest BCUT2D eigenvalue weighted by Gasteiger charge is -2.24. The van der Waals surface area contributed by atoms with Crippen molar-refractivity contribution in [2.75, 3.05) is 30.3 Å². The van der Waals surface area contributed by atoms with Gasteiger partial charge in [-0.2, -0.15) is 0 Å². The molecule has 0 saturated heterocycles. The van der Waals surface area contributed by atoms with Crippen LogP contribution in [-0.4, -0.2) is 25.1 Å². The third kappa shape index (κ3) is 2.79. The first-order valence-electron chi connectivity index (χ1n) is 10.3. The minimum absolute atomic E-state index is 0.153. The van der Waals surface area contributed by atoms with Crippen molar-refractivity contribution >= 4 is 17.1 Å². The number of anilines is 3. The zero-order valence-corrected chi connectivity index (χ0v) is 16.9. The lowest BCUT2D eigenvalue weighted by Crippen LogP contribution is -2.19. The Bertz CT molecular complexity index is 1130. The maximum absolute atomic E-state index is 6.31. The van der Waals surface area contributed by atoms with Crippen LogP contribution in [-0.2, 0) is 10.2 Å². The predicted molar refractivity (Wildman–Crippen MR) is 115 cm³/mol. The van der Waals surface area contributed by atoms with Crippen LogP contribution in [0.2, 0.25) is 0 Å². The van der Waals surface area contributed by atoms with Crippen LogP contribution in [0.25, 0.3) is 0 Å². The molecule has 30 heavy (non-hydrogen) atoms. The molecule has 6 nitrogen and oxygen atoms in total. The summed E-state index contributed by atoms with van der Waals surface area (Å²) in [6.07, 6.45) is 4.17. The summed E-state index contributed by atoms with van der Waals surface area (Å²) in [6, 6.07) is 16.3. The molecule has 152 valence electrons. The highest BCUT2D eigenvalue weighted by Gasteiger charge is 2.52. The van der Waals surface area contributed by atoms with E-state index in [0.29, 0.717) is 19.3 Å². The van der Waals surface area contributed by atoms with Crippen LogP contribution in [0.3, 0.4) is 0 Å². The van der Waals surface area contributed by atoms with Gasteiger partial charge in [-0.1, -0.05) is 18.2 Å². The number of aromatic nitrogens is 1. The van der Waals surface area contributed by atoms with E-state index in [4.69, 9.17) is 14.2 Å². The van der Waals surface area contributed by atoms with Gasteiger partial charge in [0.1, 0.15) is 25.0 Å². The lowest BCUT2D eigenvalue weighted by atomic mass is 9.97. The first-order valence-corrected chi connectivity index (χ1v) is 10.3. The molecule has 0 amide bonds. The van der Waals surface area contributed by atoms with E-state index in [1.807, 2.05) is 43.5 Å². The van der Waals surface area contributed by atoms with Crippen LogP contribution >= 0.6 is 0 Å². The molecule has 1 N–H and O–H groups in total. The smallest absolute Gasteiger partial charge is 0.222 e. The fourth-order valence-electron chi connectivity index (χ4n) is 4.39. The summed E-state index contributed by atoms with van der Waals surface area (Å²) >= 11 is 0. The summed E-state index contributed by atoms with van der Waals surface area (Å²) in [4.78, 5) is 6.78. The Balaban J connectivity index is 1.33. The zero-order chi connectivity index (χ0) is 20.1. The molecule has 0 radical (unpaired) electrons. The number of rotatable bonds is 3. The predicted octanol–water partition coefficient (Wildman–Crippen LogP) is 5.10. The van der Waals surface area contributed by atoms with E-state index in [1.54, 1.807) is 0 Å². The van der Waals surface area contributed by atoms with E-state index in [1.165, 1.54) is 5.56 Å². The van der Waals surface area contributed by atoms with Gasteiger partial charge in [-0.3, -0.25) is 0 Å². The Morgan fingerprint density at radius 3 is 2.90 bits per heavy atom. The van der Waals surface area contributed by atoms with Crippen LogP contribution in [0.1, 0.15) is 24.0 Å². The Labute approximate surface area is 175 Å². The average molecular weight is 401 g/mol. The van der Waals surface area contributed by atoms with Gasteiger partial charge in [0.25, 0.3) is 0 Å². The molecule has 6 rings (SSSR count). The number of hydrogen-bond donors (Lipinski definition) is 1. The molecular formula is C24H23N3O3. The molecule has 0 unspecified atom stereocenters. The molecule has 1 saturated carbocycles. The summed E-state index contributed by atoms with van der Waals surface area (Å²) in [5.41, 5.74) is 5.41. The minimum Gasteiger partial charge on any atom is -0.492 e. The first-order chi connectivity index (χ1) is 14.7. The summed E-state index contributed by atoms with van der Waals surface area (Å²) < 4.78 is 17.9. The van der Waals surface area contributed by atoms with Gasteiger partial charge in [-0.15, -0.1) is 0 Å². The van der Waals surface area contributed by atoms with E-state index < -0.39 is 0 Å². The van der Waals surface area contributed by atoms with Gasteiger partial charge < -0.3 is 24.4 Å². The van der Waals surface area contributed by atoms with Crippen LogP contribution in [0, 0.1) is 6.92 Å². The number of ether oxygens (including phenoxy) is 3. The summed E-state index contributed by atoms with van der Waals surface area (Å²) in [5.74, 6) is 2.43. The summed E-state index contributed by atoms with van der Waals surface area (Å²) in [5, 5.41) is 3.30. The first kappa shape index (κ1) is 17.6. The third-order valence-corrected chi connectivity index (χ3v) is 6.19. The molecule has 1 fully saturated rings. The van der Waals surface area contributed by atoms with Crippen LogP contribution in [0.15, 0.2) is 54.7 Å². The topological polar surface area (TPSA) is 55.9 Å². The molecule has 3 aromatic rings. The van der Waals surface area contributed by atoms with Crippen LogP contribution in [0.4, 0.5) is 17.1 Å². The highest BCUT2D eigenvalue weighted by atomic mass is 16.5. The highest BCUT2D eigenvalue weighted by molar-refractivity contribution is 5.76. The van der Waals surface area contributed by atoms with Gasteiger partial charge in [0.05, 0.1) is 29.9 Å². The normalized spacial score (nSPS) is 18.1. The van der Waals surface area contributed by atoms with E-state index in [0.717, 1.165) is 53.6 Å². The largest absolute Gasteiger partial charge is 0.492 e. The number of fused-ring (bicyclic) bond motifs is 3. The van der Waals surface area contributed by atoms with E-state index in [2.05, 4.69) is 33.4 Å². The Hall–Kier alpha value is -3.25. The van der Waals surface area contributed by atoms with Gasteiger partial charge in [-0.05, 0) is 50.1 Å². The second-order valence-electron chi connectivity index (χ2n) is 8.22. The third-order valence-electron chi connectivity index (χ3n) is 6.19. The van der Waals surface area contributed by atoms with Crippen molar-refractivity contribution in [2.45, 2.75) is 25.2 Å².